The Labute approximate surface area is 114 Å². The van der Waals surface area contributed by atoms with E-state index < -0.39 is 33.4 Å². The van der Waals surface area contributed by atoms with Crippen LogP contribution >= 0.6 is 0 Å². The van der Waals surface area contributed by atoms with E-state index in [4.69, 9.17) is 4.74 Å². The van der Waals surface area contributed by atoms with Gasteiger partial charge in [-0.25, -0.2) is 17.2 Å². The molecular weight excluding hydrogens is 292 g/mol. The van der Waals surface area contributed by atoms with Crippen LogP contribution in [-0.4, -0.2) is 38.5 Å². The molecule has 0 saturated carbocycles. The fraction of sp³-hybridized carbons (Fsp3) is 0.417. The smallest absolute Gasteiger partial charge is 0.258 e. The lowest BCUT2D eigenvalue weighted by Crippen LogP contribution is -2.38. The zero-order valence-corrected chi connectivity index (χ0v) is 11.3. The van der Waals surface area contributed by atoms with E-state index in [1.54, 1.807) is 0 Å². The Kier molecular flexibility index (Phi) is 4.22. The number of hydrogen-bond donors (Lipinski definition) is 1. The quantitative estimate of drug-likeness (QED) is 0.886. The van der Waals surface area contributed by atoms with E-state index in [-0.39, 0.29) is 23.9 Å². The van der Waals surface area contributed by atoms with Gasteiger partial charge in [0.2, 0.25) is 0 Å². The van der Waals surface area contributed by atoms with E-state index in [0.29, 0.717) is 6.42 Å². The largest absolute Gasteiger partial charge is 0.484 e. The highest BCUT2D eigenvalue weighted by atomic mass is 32.2. The van der Waals surface area contributed by atoms with E-state index in [9.17, 15) is 22.0 Å². The molecule has 1 saturated heterocycles. The van der Waals surface area contributed by atoms with Gasteiger partial charge in [-0.05, 0) is 18.6 Å². The summed E-state index contributed by atoms with van der Waals surface area (Å²) in [6, 6.07) is 2.52. The van der Waals surface area contributed by atoms with Crippen LogP contribution in [0.1, 0.15) is 6.42 Å². The summed E-state index contributed by atoms with van der Waals surface area (Å²) in [6.45, 7) is -0.387. The van der Waals surface area contributed by atoms with Crippen LogP contribution in [0.5, 0.6) is 5.75 Å². The van der Waals surface area contributed by atoms with E-state index >= 15 is 0 Å². The number of carbonyl (C=O) groups is 1. The van der Waals surface area contributed by atoms with Gasteiger partial charge in [0.25, 0.3) is 5.91 Å². The summed E-state index contributed by atoms with van der Waals surface area (Å²) >= 11 is 0. The Bertz CT molecular complexity index is 618. The average Bonchev–Trinajstić information content (AvgIpc) is 2.70. The number of hydrogen-bond acceptors (Lipinski definition) is 4. The third-order valence-corrected chi connectivity index (χ3v) is 4.63. The molecule has 1 aliphatic rings. The molecule has 2 rings (SSSR count). The Balaban J connectivity index is 1.82. The van der Waals surface area contributed by atoms with E-state index in [2.05, 4.69) is 5.32 Å². The second-order valence-electron chi connectivity index (χ2n) is 4.53. The van der Waals surface area contributed by atoms with Gasteiger partial charge in [-0.15, -0.1) is 0 Å². The summed E-state index contributed by atoms with van der Waals surface area (Å²) < 4.78 is 53.0. The molecule has 1 aromatic rings. The van der Waals surface area contributed by atoms with E-state index in [1.807, 2.05) is 0 Å². The van der Waals surface area contributed by atoms with E-state index in [0.717, 1.165) is 12.1 Å². The van der Waals surface area contributed by atoms with Crippen LogP contribution < -0.4 is 10.1 Å². The zero-order valence-electron chi connectivity index (χ0n) is 10.4. The van der Waals surface area contributed by atoms with E-state index in [1.165, 1.54) is 6.07 Å². The number of sulfone groups is 1. The van der Waals surface area contributed by atoms with Crippen molar-refractivity contribution in [1.82, 2.24) is 5.32 Å². The molecule has 0 spiro atoms. The first kappa shape index (κ1) is 14.7. The number of amides is 1. The lowest BCUT2D eigenvalue weighted by molar-refractivity contribution is -0.123. The number of ether oxygens (including phenoxy) is 1. The highest BCUT2D eigenvalue weighted by Gasteiger charge is 2.28. The summed E-state index contributed by atoms with van der Waals surface area (Å²) in [4.78, 5) is 11.5. The maximum Gasteiger partial charge on any atom is 0.258 e. The molecular formula is C12H13F2NO4S. The minimum absolute atomic E-state index is 0.0260. The third-order valence-electron chi connectivity index (χ3n) is 2.86. The molecule has 1 amide bonds. The van der Waals surface area contributed by atoms with Crippen molar-refractivity contribution in [2.45, 2.75) is 12.5 Å². The summed E-state index contributed by atoms with van der Waals surface area (Å²) in [5, 5.41) is 2.52. The number of carbonyl (C=O) groups excluding carboxylic acids is 1. The van der Waals surface area contributed by atoms with Crippen molar-refractivity contribution < 1.29 is 26.7 Å². The van der Waals surface area contributed by atoms with Crippen LogP contribution in [0.15, 0.2) is 18.2 Å². The molecule has 0 radical (unpaired) electrons. The van der Waals surface area contributed by atoms with Gasteiger partial charge in [0.05, 0.1) is 11.5 Å². The Morgan fingerprint density at radius 3 is 2.70 bits per heavy atom. The summed E-state index contributed by atoms with van der Waals surface area (Å²) in [5.41, 5.74) is 0. The minimum Gasteiger partial charge on any atom is -0.484 e. The summed E-state index contributed by atoms with van der Waals surface area (Å²) in [7, 11) is -3.07. The third kappa shape index (κ3) is 3.89. The molecule has 1 aliphatic heterocycles. The fourth-order valence-corrected chi connectivity index (χ4v) is 3.57. The van der Waals surface area contributed by atoms with Crippen LogP contribution in [0.3, 0.4) is 0 Å². The van der Waals surface area contributed by atoms with Gasteiger partial charge in [-0.2, -0.15) is 0 Å². The van der Waals surface area contributed by atoms with Gasteiger partial charge < -0.3 is 10.1 Å². The summed E-state index contributed by atoms with van der Waals surface area (Å²) in [6.07, 6.45) is 0.374. The number of halogens is 2. The Hall–Kier alpha value is -1.70. The molecule has 0 aliphatic carbocycles. The minimum atomic E-state index is -3.07. The maximum atomic E-state index is 12.9. The molecule has 20 heavy (non-hydrogen) atoms. The molecule has 1 unspecified atom stereocenters. The van der Waals surface area contributed by atoms with Gasteiger partial charge in [-0.3, -0.25) is 4.79 Å². The first-order valence-electron chi connectivity index (χ1n) is 5.93. The summed E-state index contributed by atoms with van der Waals surface area (Å²) in [5.74, 6) is -2.57. The highest BCUT2D eigenvalue weighted by molar-refractivity contribution is 7.91. The average molecular weight is 305 g/mol. The van der Waals surface area contributed by atoms with Crippen molar-refractivity contribution in [1.29, 1.82) is 0 Å². The zero-order chi connectivity index (χ0) is 14.8. The van der Waals surface area contributed by atoms with Gasteiger partial charge in [0, 0.05) is 12.1 Å². The maximum absolute atomic E-state index is 12.9. The lowest BCUT2D eigenvalue weighted by atomic mass is 10.2. The SMILES string of the molecule is O=C(COc1ccc(F)c(F)c1)NC1CCS(=O)(=O)C1. The lowest BCUT2D eigenvalue weighted by Gasteiger charge is -2.11. The molecule has 0 bridgehead atoms. The number of rotatable bonds is 4. The second-order valence-corrected chi connectivity index (χ2v) is 6.76. The molecule has 1 aromatic carbocycles. The monoisotopic (exact) mass is 305 g/mol. The number of benzene rings is 1. The second kappa shape index (κ2) is 5.74. The van der Waals surface area contributed by atoms with Crippen LogP contribution in [0.4, 0.5) is 8.78 Å². The molecule has 1 atom stereocenters. The van der Waals surface area contributed by atoms with Crippen LogP contribution in [-0.2, 0) is 14.6 Å². The fourth-order valence-electron chi connectivity index (χ4n) is 1.89. The topological polar surface area (TPSA) is 72.5 Å². The predicted octanol–water partition coefficient (Wildman–Crippen LogP) is 0.647. The molecule has 5 nitrogen and oxygen atoms in total. The number of nitrogens with one attached hydrogen (secondary N) is 1. The van der Waals surface area contributed by atoms with Crippen molar-refractivity contribution in [2.75, 3.05) is 18.1 Å². The molecule has 1 N–H and O–H groups in total. The van der Waals surface area contributed by atoms with Crippen molar-refractivity contribution in [3.63, 3.8) is 0 Å². The van der Waals surface area contributed by atoms with Crippen molar-refractivity contribution in [2.24, 2.45) is 0 Å². The van der Waals surface area contributed by atoms with Crippen molar-refractivity contribution in [3.8, 4) is 5.75 Å². The van der Waals surface area contributed by atoms with Crippen LogP contribution in [0.2, 0.25) is 0 Å². The molecule has 0 aromatic heterocycles. The first-order chi connectivity index (χ1) is 9.35. The standard InChI is InChI=1S/C12H13F2NO4S/c13-10-2-1-9(5-11(10)14)19-6-12(16)15-8-3-4-20(17,18)7-8/h1-2,5,8H,3-4,6-7H2,(H,15,16). The van der Waals surface area contributed by atoms with Crippen molar-refractivity contribution >= 4 is 15.7 Å². The predicted molar refractivity (Wildman–Crippen MR) is 67.1 cm³/mol. The normalized spacial score (nSPS) is 20.6. The van der Waals surface area contributed by atoms with Gasteiger partial charge >= 0.3 is 0 Å². The van der Waals surface area contributed by atoms with Crippen LogP contribution in [0.25, 0.3) is 0 Å². The molecule has 8 heteroatoms. The molecule has 1 fully saturated rings. The Morgan fingerprint density at radius 1 is 1.35 bits per heavy atom. The highest BCUT2D eigenvalue weighted by Crippen LogP contribution is 2.15. The van der Waals surface area contributed by atoms with Gasteiger partial charge in [-0.1, -0.05) is 0 Å². The molecule has 1 heterocycles. The van der Waals surface area contributed by atoms with Crippen LogP contribution in [0, 0.1) is 11.6 Å². The molecule has 110 valence electrons. The Morgan fingerprint density at radius 2 is 2.10 bits per heavy atom. The first-order valence-corrected chi connectivity index (χ1v) is 7.75. The van der Waals surface area contributed by atoms with Gasteiger partial charge in [0.1, 0.15) is 5.75 Å². The van der Waals surface area contributed by atoms with Gasteiger partial charge in [0.15, 0.2) is 28.1 Å². The van der Waals surface area contributed by atoms with Crippen molar-refractivity contribution in [3.05, 3.63) is 29.8 Å².